The summed E-state index contributed by atoms with van der Waals surface area (Å²) >= 11 is 0. The van der Waals surface area contributed by atoms with Crippen LogP contribution in [0.2, 0.25) is 0 Å². The first-order chi connectivity index (χ1) is 6.18. The normalized spacial score (nSPS) is 25.7. The Balaban J connectivity index is 2.28. The van der Waals surface area contributed by atoms with Gasteiger partial charge in [-0.25, -0.2) is 0 Å². The molecule has 1 aliphatic heterocycles. The first-order valence-corrected chi connectivity index (χ1v) is 4.55. The van der Waals surface area contributed by atoms with Gasteiger partial charge in [-0.05, 0) is 25.5 Å². The molecule has 68 valence electrons. The number of hydrogen-bond donors (Lipinski definition) is 1. The first-order valence-electron chi connectivity index (χ1n) is 4.55. The number of hydrogen-bond acceptors (Lipinski definition) is 2. The molecule has 1 aromatic rings. The monoisotopic (exact) mass is 175 g/mol. The van der Waals surface area contributed by atoms with Crippen LogP contribution in [0.1, 0.15) is 35.8 Å². The lowest BCUT2D eigenvalue weighted by atomic mass is 10.0. The van der Waals surface area contributed by atoms with Gasteiger partial charge in [-0.1, -0.05) is 18.2 Å². The van der Waals surface area contributed by atoms with Crippen LogP contribution in [0.4, 0.5) is 0 Å². The molecule has 1 heterocycles. The van der Waals surface area contributed by atoms with Crippen molar-refractivity contribution in [1.82, 2.24) is 5.32 Å². The molecule has 1 N–H and O–H groups in total. The van der Waals surface area contributed by atoms with E-state index in [4.69, 9.17) is 0 Å². The van der Waals surface area contributed by atoms with Crippen molar-refractivity contribution < 1.29 is 4.79 Å². The van der Waals surface area contributed by atoms with Crippen molar-refractivity contribution in [2.75, 3.05) is 0 Å². The van der Waals surface area contributed by atoms with Crippen molar-refractivity contribution in [3.8, 4) is 0 Å². The van der Waals surface area contributed by atoms with Crippen LogP contribution in [0.3, 0.4) is 0 Å². The van der Waals surface area contributed by atoms with E-state index in [0.29, 0.717) is 12.1 Å². The number of carbonyl (C=O) groups is 1. The summed E-state index contributed by atoms with van der Waals surface area (Å²) in [6, 6.07) is 8.86. The van der Waals surface area contributed by atoms with E-state index in [-0.39, 0.29) is 5.78 Å². The molecule has 2 nitrogen and oxygen atoms in total. The molecule has 0 aliphatic carbocycles. The van der Waals surface area contributed by atoms with E-state index < -0.39 is 0 Å². The fraction of sp³-hybridized carbons (Fsp3) is 0.364. The second kappa shape index (κ2) is 2.96. The van der Waals surface area contributed by atoms with Crippen LogP contribution in [-0.2, 0) is 0 Å². The summed E-state index contributed by atoms with van der Waals surface area (Å²) < 4.78 is 0. The number of benzene rings is 1. The molecule has 0 spiro atoms. The predicted octanol–water partition coefficient (Wildman–Crippen LogP) is 1.92. The van der Waals surface area contributed by atoms with Gasteiger partial charge >= 0.3 is 0 Å². The molecule has 1 aromatic carbocycles. The van der Waals surface area contributed by atoms with Crippen molar-refractivity contribution in [2.24, 2.45) is 0 Å². The summed E-state index contributed by atoms with van der Waals surface area (Å²) in [5, 5.41) is 3.30. The maximum Gasteiger partial charge on any atom is 0.159 e. The molecular formula is C11H13NO. The third-order valence-corrected chi connectivity index (χ3v) is 2.49. The molecule has 1 saturated heterocycles. The largest absolute Gasteiger partial charge is 0.304 e. The van der Waals surface area contributed by atoms with Crippen LogP contribution in [0.25, 0.3) is 0 Å². The summed E-state index contributed by atoms with van der Waals surface area (Å²) in [7, 11) is 0. The van der Waals surface area contributed by atoms with E-state index in [2.05, 4.69) is 18.3 Å². The summed E-state index contributed by atoms with van der Waals surface area (Å²) in [6.45, 7) is 3.74. The SMILES string of the molecule is CC(=O)c1cccc([C@@H]2N[C@@H]2C)c1. The van der Waals surface area contributed by atoms with Crippen molar-refractivity contribution in [2.45, 2.75) is 25.9 Å². The maximum atomic E-state index is 11.1. The van der Waals surface area contributed by atoms with Gasteiger partial charge in [0.05, 0.1) is 0 Å². The Morgan fingerprint density at radius 2 is 2.15 bits per heavy atom. The molecule has 0 amide bonds. The van der Waals surface area contributed by atoms with Crippen molar-refractivity contribution in [3.63, 3.8) is 0 Å². The first kappa shape index (κ1) is 8.45. The van der Waals surface area contributed by atoms with Gasteiger partial charge in [-0.3, -0.25) is 4.79 Å². The Hall–Kier alpha value is -1.15. The van der Waals surface area contributed by atoms with Crippen LogP contribution in [0.5, 0.6) is 0 Å². The van der Waals surface area contributed by atoms with Crippen LogP contribution >= 0.6 is 0 Å². The maximum absolute atomic E-state index is 11.1. The molecule has 2 rings (SSSR count). The molecule has 0 saturated carbocycles. The van der Waals surface area contributed by atoms with E-state index >= 15 is 0 Å². The number of carbonyl (C=O) groups excluding carboxylic acids is 1. The van der Waals surface area contributed by atoms with Gasteiger partial charge in [0.25, 0.3) is 0 Å². The Morgan fingerprint density at radius 1 is 1.46 bits per heavy atom. The second-order valence-electron chi connectivity index (χ2n) is 3.61. The van der Waals surface area contributed by atoms with Gasteiger partial charge in [0.1, 0.15) is 0 Å². The zero-order valence-corrected chi connectivity index (χ0v) is 7.87. The number of nitrogens with one attached hydrogen (secondary N) is 1. The number of Topliss-reactive ketones (excluding diaryl/α,β-unsaturated/α-hetero) is 1. The highest BCUT2D eigenvalue weighted by molar-refractivity contribution is 5.94. The van der Waals surface area contributed by atoms with Crippen molar-refractivity contribution in [3.05, 3.63) is 35.4 Å². The minimum Gasteiger partial charge on any atom is -0.304 e. The average Bonchev–Trinajstić information content (AvgIpc) is 2.83. The smallest absolute Gasteiger partial charge is 0.159 e. The number of rotatable bonds is 2. The molecule has 0 unspecified atom stereocenters. The van der Waals surface area contributed by atoms with E-state index in [1.54, 1.807) is 6.92 Å². The zero-order valence-electron chi connectivity index (χ0n) is 7.87. The molecule has 2 heteroatoms. The highest BCUT2D eigenvalue weighted by Crippen LogP contribution is 2.29. The standard InChI is InChI=1S/C11H13NO/c1-7-11(12-7)10-5-3-4-9(6-10)8(2)13/h3-7,11-12H,1-2H3/t7-,11-/m1/s1. The van der Waals surface area contributed by atoms with Crippen LogP contribution in [0, 0.1) is 0 Å². The Kier molecular flexibility index (Phi) is 1.93. The third-order valence-electron chi connectivity index (χ3n) is 2.49. The van der Waals surface area contributed by atoms with E-state index in [9.17, 15) is 4.79 Å². The minimum atomic E-state index is 0.134. The molecule has 2 atom stereocenters. The molecule has 0 bridgehead atoms. The van der Waals surface area contributed by atoms with Gasteiger partial charge in [0, 0.05) is 17.6 Å². The van der Waals surface area contributed by atoms with Crippen molar-refractivity contribution >= 4 is 5.78 Å². The van der Waals surface area contributed by atoms with Gasteiger partial charge < -0.3 is 5.32 Å². The quantitative estimate of drug-likeness (QED) is 0.551. The molecule has 13 heavy (non-hydrogen) atoms. The Labute approximate surface area is 78.0 Å². The fourth-order valence-electron chi connectivity index (χ4n) is 1.56. The van der Waals surface area contributed by atoms with E-state index in [1.807, 2.05) is 18.2 Å². The highest BCUT2D eigenvalue weighted by atomic mass is 16.1. The Morgan fingerprint density at radius 3 is 2.69 bits per heavy atom. The lowest BCUT2D eigenvalue weighted by Gasteiger charge is -1.99. The van der Waals surface area contributed by atoms with Crippen molar-refractivity contribution in [1.29, 1.82) is 0 Å². The van der Waals surface area contributed by atoms with Gasteiger partial charge in [-0.15, -0.1) is 0 Å². The summed E-state index contributed by atoms with van der Waals surface area (Å²) in [4.78, 5) is 11.1. The zero-order chi connectivity index (χ0) is 9.42. The molecule has 1 aliphatic rings. The lowest BCUT2D eigenvalue weighted by molar-refractivity contribution is 0.101. The summed E-state index contributed by atoms with van der Waals surface area (Å²) in [5.74, 6) is 0.134. The average molecular weight is 175 g/mol. The minimum absolute atomic E-state index is 0.134. The highest BCUT2D eigenvalue weighted by Gasteiger charge is 2.32. The lowest BCUT2D eigenvalue weighted by Crippen LogP contribution is -1.94. The molecular weight excluding hydrogens is 162 g/mol. The van der Waals surface area contributed by atoms with Gasteiger partial charge in [-0.2, -0.15) is 0 Å². The summed E-state index contributed by atoms with van der Waals surface area (Å²) in [6.07, 6.45) is 0. The van der Waals surface area contributed by atoms with Crippen LogP contribution < -0.4 is 5.32 Å². The van der Waals surface area contributed by atoms with E-state index in [1.165, 1.54) is 5.56 Å². The van der Waals surface area contributed by atoms with Crippen LogP contribution in [0.15, 0.2) is 24.3 Å². The van der Waals surface area contributed by atoms with Crippen LogP contribution in [-0.4, -0.2) is 11.8 Å². The molecule has 0 radical (unpaired) electrons. The van der Waals surface area contributed by atoms with Gasteiger partial charge in [0.2, 0.25) is 0 Å². The topological polar surface area (TPSA) is 39.0 Å². The number of ketones is 1. The Bertz CT molecular complexity index is 346. The second-order valence-corrected chi connectivity index (χ2v) is 3.61. The third kappa shape index (κ3) is 1.63. The summed E-state index contributed by atoms with van der Waals surface area (Å²) in [5.41, 5.74) is 2.03. The molecule has 1 fully saturated rings. The predicted molar refractivity (Wildman–Crippen MR) is 51.8 cm³/mol. The van der Waals surface area contributed by atoms with E-state index in [0.717, 1.165) is 5.56 Å². The fourth-order valence-corrected chi connectivity index (χ4v) is 1.56. The molecule has 0 aromatic heterocycles. The van der Waals surface area contributed by atoms with Gasteiger partial charge in [0.15, 0.2) is 5.78 Å².